The van der Waals surface area contributed by atoms with E-state index in [2.05, 4.69) is 5.32 Å². The van der Waals surface area contributed by atoms with E-state index in [4.69, 9.17) is 14.2 Å². The summed E-state index contributed by atoms with van der Waals surface area (Å²) in [7, 11) is 3.11. The number of hydrogen-bond acceptors (Lipinski definition) is 6. The second-order valence-electron chi connectivity index (χ2n) is 5.84. The second-order valence-corrected chi connectivity index (χ2v) is 5.84. The molecule has 8 nitrogen and oxygen atoms in total. The number of nitrogens with one attached hydrogen (secondary N) is 1. The zero-order valence-electron chi connectivity index (χ0n) is 15.6. The maximum Gasteiger partial charge on any atom is 0.276 e. The van der Waals surface area contributed by atoms with Crippen molar-refractivity contribution >= 4 is 11.6 Å². The van der Waals surface area contributed by atoms with Gasteiger partial charge in [0.1, 0.15) is 17.2 Å². The summed E-state index contributed by atoms with van der Waals surface area (Å²) in [6, 6.07) is 9.46. The summed E-state index contributed by atoms with van der Waals surface area (Å²) in [5, 5.41) is 13.8. The first-order valence-electron chi connectivity index (χ1n) is 8.25. The Bertz CT molecular complexity index is 837. The minimum absolute atomic E-state index is 0.0533. The van der Waals surface area contributed by atoms with Crippen molar-refractivity contribution in [2.45, 2.75) is 19.9 Å². The summed E-state index contributed by atoms with van der Waals surface area (Å²) < 4.78 is 16.0. The van der Waals surface area contributed by atoms with Crippen molar-refractivity contribution in [3.05, 3.63) is 57.6 Å². The summed E-state index contributed by atoms with van der Waals surface area (Å²) in [4.78, 5) is 22.7. The van der Waals surface area contributed by atoms with E-state index in [1.165, 1.54) is 12.1 Å². The molecule has 0 aliphatic carbocycles. The Hall–Kier alpha value is -3.29. The molecule has 144 valence electrons. The van der Waals surface area contributed by atoms with Crippen LogP contribution in [0.1, 0.15) is 24.1 Å². The van der Waals surface area contributed by atoms with Gasteiger partial charge in [0.25, 0.3) is 11.6 Å². The minimum Gasteiger partial charge on any atom is -0.497 e. The predicted molar refractivity (Wildman–Crippen MR) is 99.4 cm³/mol. The first-order valence-corrected chi connectivity index (χ1v) is 8.25. The zero-order valence-corrected chi connectivity index (χ0v) is 15.6. The molecule has 0 bridgehead atoms. The van der Waals surface area contributed by atoms with E-state index in [-0.39, 0.29) is 24.2 Å². The first-order chi connectivity index (χ1) is 12.9. The van der Waals surface area contributed by atoms with Crippen molar-refractivity contribution in [3.8, 4) is 17.2 Å². The van der Waals surface area contributed by atoms with Crippen molar-refractivity contribution in [3.63, 3.8) is 0 Å². The number of rotatable bonds is 8. The summed E-state index contributed by atoms with van der Waals surface area (Å²) in [6.45, 7) is 3.13. The largest absolute Gasteiger partial charge is 0.497 e. The van der Waals surface area contributed by atoms with Crippen LogP contribution in [0, 0.1) is 17.0 Å². The molecule has 2 rings (SSSR count). The van der Waals surface area contributed by atoms with Crippen LogP contribution in [0.5, 0.6) is 17.2 Å². The first kappa shape index (κ1) is 20.0. The molecule has 0 aromatic heterocycles. The molecule has 1 amide bonds. The Labute approximate surface area is 157 Å². The van der Waals surface area contributed by atoms with Gasteiger partial charge in [0.2, 0.25) is 0 Å². The van der Waals surface area contributed by atoms with Crippen molar-refractivity contribution < 1.29 is 23.9 Å². The lowest BCUT2D eigenvalue weighted by Crippen LogP contribution is -2.31. The van der Waals surface area contributed by atoms with Gasteiger partial charge in [-0.25, -0.2) is 0 Å². The Morgan fingerprint density at radius 3 is 2.56 bits per heavy atom. The second kappa shape index (κ2) is 8.88. The predicted octanol–water partition coefficient (Wildman–Crippen LogP) is 3.18. The number of amides is 1. The van der Waals surface area contributed by atoms with Crippen molar-refractivity contribution in [2.24, 2.45) is 0 Å². The summed E-state index contributed by atoms with van der Waals surface area (Å²) in [5.41, 5.74) is 1.08. The van der Waals surface area contributed by atoms with Crippen LogP contribution in [-0.4, -0.2) is 31.7 Å². The lowest BCUT2D eigenvalue weighted by molar-refractivity contribution is -0.385. The topological polar surface area (TPSA) is 99.9 Å². The van der Waals surface area contributed by atoms with E-state index in [0.717, 1.165) is 5.56 Å². The van der Waals surface area contributed by atoms with Gasteiger partial charge >= 0.3 is 0 Å². The summed E-state index contributed by atoms with van der Waals surface area (Å²) >= 11 is 0. The fourth-order valence-corrected chi connectivity index (χ4v) is 2.64. The van der Waals surface area contributed by atoms with Gasteiger partial charge in [0.05, 0.1) is 30.7 Å². The van der Waals surface area contributed by atoms with Gasteiger partial charge in [-0.3, -0.25) is 14.9 Å². The minimum atomic E-state index is -0.487. The molecular formula is C19H22N2O6. The van der Waals surface area contributed by atoms with Crippen LogP contribution in [0.4, 0.5) is 5.69 Å². The number of methoxy groups -OCH3 is 2. The van der Waals surface area contributed by atoms with Gasteiger partial charge in [-0.2, -0.15) is 0 Å². The number of carbonyl (C=O) groups excluding carboxylic acids is 1. The molecule has 0 saturated heterocycles. The molecule has 2 aromatic rings. The Kier molecular flexibility index (Phi) is 6.59. The lowest BCUT2D eigenvalue weighted by Gasteiger charge is -2.18. The Balaban J connectivity index is 2.04. The summed E-state index contributed by atoms with van der Waals surface area (Å²) in [6.07, 6.45) is 0. The molecule has 27 heavy (non-hydrogen) atoms. The highest BCUT2D eigenvalue weighted by Crippen LogP contribution is 2.29. The third kappa shape index (κ3) is 4.87. The Morgan fingerprint density at radius 1 is 1.19 bits per heavy atom. The molecule has 0 aliphatic rings. The highest BCUT2D eigenvalue weighted by molar-refractivity contribution is 5.78. The van der Waals surface area contributed by atoms with Crippen LogP contribution in [0.2, 0.25) is 0 Å². The fourth-order valence-electron chi connectivity index (χ4n) is 2.64. The van der Waals surface area contributed by atoms with Gasteiger partial charge in [-0.15, -0.1) is 0 Å². The normalized spacial score (nSPS) is 11.4. The van der Waals surface area contributed by atoms with E-state index in [0.29, 0.717) is 22.8 Å². The van der Waals surface area contributed by atoms with Gasteiger partial charge in [0, 0.05) is 11.6 Å². The van der Waals surface area contributed by atoms with Crippen LogP contribution in [0.25, 0.3) is 0 Å². The van der Waals surface area contributed by atoms with Crippen molar-refractivity contribution in [2.75, 3.05) is 20.8 Å². The maximum atomic E-state index is 12.2. The van der Waals surface area contributed by atoms with E-state index in [1.54, 1.807) is 45.4 Å². The third-order valence-electron chi connectivity index (χ3n) is 4.09. The van der Waals surface area contributed by atoms with Crippen LogP contribution < -0.4 is 19.5 Å². The molecule has 8 heteroatoms. The van der Waals surface area contributed by atoms with E-state index in [9.17, 15) is 14.9 Å². The van der Waals surface area contributed by atoms with Crippen LogP contribution in [0.3, 0.4) is 0 Å². The molecule has 1 N–H and O–H groups in total. The number of nitrogens with zero attached hydrogens (tertiary/aromatic N) is 1. The molecular weight excluding hydrogens is 352 g/mol. The van der Waals surface area contributed by atoms with E-state index < -0.39 is 4.92 Å². The van der Waals surface area contributed by atoms with Crippen molar-refractivity contribution in [1.29, 1.82) is 0 Å². The van der Waals surface area contributed by atoms with Crippen LogP contribution in [0.15, 0.2) is 36.4 Å². The number of ether oxygens (including phenoxy) is 3. The molecule has 0 spiro atoms. The van der Waals surface area contributed by atoms with Gasteiger partial charge in [-0.05, 0) is 38.1 Å². The van der Waals surface area contributed by atoms with Gasteiger partial charge < -0.3 is 19.5 Å². The number of carbonyl (C=O) groups is 1. The monoisotopic (exact) mass is 374 g/mol. The smallest absolute Gasteiger partial charge is 0.276 e. The molecule has 1 atom stereocenters. The fraction of sp³-hybridized carbons (Fsp3) is 0.316. The maximum absolute atomic E-state index is 12.2. The number of nitro benzene ring substituents is 1. The molecule has 0 heterocycles. The standard InChI is InChI=1S/C19H22N2O6/c1-12-16(21(23)24)6-5-7-17(12)27-11-19(22)20-13(2)15-10-14(25-3)8-9-18(15)26-4/h5-10,13H,11H2,1-4H3,(H,20,22). The van der Waals surface area contributed by atoms with Crippen LogP contribution in [-0.2, 0) is 4.79 Å². The van der Waals surface area contributed by atoms with E-state index >= 15 is 0 Å². The third-order valence-corrected chi connectivity index (χ3v) is 4.09. The molecule has 0 radical (unpaired) electrons. The quantitative estimate of drug-likeness (QED) is 0.563. The molecule has 0 saturated carbocycles. The average Bonchev–Trinajstić information content (AvgIpc) is 2.66. The molecule has 2 aromatic carbocycles. The molecule has 0 aliphatic heterocycles. The molecule has 1 unspecified atom stereocenters. The average molecular weight is 374 g/mol. The van der Waals surface area contributed by atoms with Crippen LogP contribution >= 0.6 is 0 Å². The zero-order chi connectivity index (χ0) is 20.0. The van der Waals surface area contributed by atoms with Gasteiger partial charge in [0.15, 0.2) is 6.61 Å². The number of hydrogen-bond donors (Lipinski definition) is 1. The number of benzene rings is 2. The summed E-state index contributed by atoms with van der Waals surface area (Å²) in [5.74, 6) is 1.21. The Morgan fingerprint density at radius 2 is 1.93 bits per heavy atom. The lowest BCUT2D eigenvalue weighted by atomic mass is 10.1. The number of nitro groups is 1. The van der Waals surface area contributed by atoms with Gasteiger partial charge in [-0.1, -0.05) is 6.07 Å². The highest BCUT2D eigenvalue weighted by Gasteiger charge is 2.18. The SMILES string of the molecule is COc1ccc(OC)c(C(C)NC(=O)COc2cccc([N+](=O)[O-])c2C)c1. The highest BCUT2D eigenvalue weighted by atomic mass is 16.6. The molecule has 0 fully saturated rings. The van der Waals surface area contributed by atoms with Crippen molar-refractivity contribution in [1.82, 2.24) is 5.32 Å². The van der Waals surface area contributed by atoms with E-state index in [1.807, 2.05) is 6.92 Å².